The molecule has 0 atom stereocenters. The Labute approximate surface area is 120 Å². The highest BCUT2D eigenvalue weighted by Crippen LogP contribution is 2.31. The van der Waals surface area contributed by atoms with Crippen LogP contribution in [0.3, 0.4) is 0 Å². The number of aromatic nitrogens is 2. The van der Waals surface area contributed by atoms with E-state index in [9.17, 15) is 8.42 Å². The molecule has 0 aliphatic carbocycles. The molecule has 1 N–H and O–H groups in total. The van der Waals surface area contributed by atoms with E-state index in [1.165, 1.54) is 12.4 Å². The van der Waals surface area contributed by atoms with Gasteiger partial charge >= 0.3 is 0 Å². The molecule has 0 bridgehead atoms. The fraction of sp³-hybridized carbons (Fsp3) is 0.692. The van der Waals surface area contributed by atoms with Gasteiger partial charge in [-0.3, -0.25) is 0 Å². The second-order valence-corrected chi connectivity index (χ2v) is 7.85. The van der Waals surface area contributed by atoms with Crippen molar-refractivity contribution in [2.75, 3.05) is 25.5 Å². The number of rotatable bonds is 3. The van der Waals surface area contributed by atoms with E-state index in [1.54, 1.807) is 11.4 Å². The van der Waals surface area contributed by atoms with Gasteiger partial charge in [0.15, 0.2) is 0 Å². The van der Waals surface area contributed by atoms with Crippen molar-refractivity contribution in [2.24, 2.45) is 5.41 Å². The summed E-state index contributed by atoms with van der Waals surface area (Å²) < 4.78 is 26.7. The Bertz CT molecular complexity index is 554. The van der Waals surface area contributed by atoms with Crippen molar-refractivity contribution in [1.29, 1.82) is 0 Å². The summed E-state index contributed by atoms with van der Waals surface area (Å²) in [6.45, 7) is 5.50. The van der Waals surface area contributed by atoms with Gasteiger partial charge in [-0.05, 0) is 24.7 Å². The van der Waals surface area contributed by atoms with E-state index in [1.807, 2.05) is 0 Å². The Hall–Kier alpha value is -1.21. The van der Waals surface area contributed by atoms with Crippen LogP contribution in [0, 0.1) is 5.41 Å². The summed E-state index contributed by atoms with van der Waals surface area (Å²) in [6, 6.07) is 0. The maximum atomic E-state index is 12.6. The first-order valence-electron chi connectivity index (χ1n) is 6.85. The van der Waals surface area contributed by atoms with Crippen molar-refractivity contribution >= 4 is 16.0 Å². The van der Waals surface area contributed by atoms with Crippen LogP contribution < -0.4 is 5.32 Å². The maximum Gasteiger partial charge on any atom is 0.246 e. The molecular formula is C13H22N4O2S. The number of sulfonamides is 1. The summed E-state index contributed by atoms with van der Waals surface area (Å²) >= 11 is 0. The Morgan fingerprint density at radius 1 is 1.20 bits per heavy atom. The van der Waals surface area contributed by atoms with Gasteiger partial charge in [0, 0.05) is 20.1 Å². The topological polar surface area (TPSA) is 75.2 Å². The molecule has 0 unspecified atom stereocenters. The molecule has 0 spiro atoms. The number of hydrogen-bond donors (Lipinski definition) is 1. The summed E-state index contributed by atoms with van der Waals surface area (Å²) in [7, 11) is -1.79. The normalized spacial score (nSPS) is 20.4. The first-order chi connectivity index (χ1) is 9.35. The highest BCUT2D eigenvalue weighted by atomic mass is 32.2. The molecule has 1 aromatic heterocycles. The lowest BCUT2D eigenvalue weighted by Gasteiger charge is -2.23. The maximum absolute atomic E-state index is 12.6. The third kappa shape index (κ3) is 3.27. The average Bonchev–Trinajstić information content (AvgIpc) is 2.60. The second-order valence-electron chi connectivity index (χ2n) is 5.91. The first-order valence-corrected chi connectivity index (χ1v) is 8.29. The van der Waals surface area contributed by atoms with Crippen molar-refractivity contribution in [3.8, 4) is 0 Å². The molecule has 0 radical (unpaired) electrons. The molecule has 0 saturated carbocycles. The lowest BCUT2D eigenvalue weighted by Crippen LogP contribution is -2.32. The van der Waals surface area contributed by atoms with Crippen molar-refractivity contribution in [2.45, 2.75) is 38.0 Å². The van der Waals surface area contributed by atoms with Crippen LogP contribution in [0.4, 0.5) is 5.95 Å². The van der Waals surface area contributed by atoms with E-state index in [2.05, 4.69) is 29.1 Å². The summed E-state index contributed by atoms with van der Waals surface area (Å²) in [4.78, 5) is 8.13. The number of nitrogens with one attached hydrogen (secondary N) is 1. The Morgan fingerprint density at radius 2 is 1.85 bits per heavy atom. The van der Waals surface area contributed by atoms with E-state index < -0.39 is 10.0 Å². The second kappa shape index (κ2) is 5.65. The summed E-state index contributed by atoms with van der Waals surface area (Å²) in [5.41, 5.74) is 0.205. The standard InChI is InChI=1S/C13H22N4O2S/c1-13(2)5-4-7-17(8-6-13)20(18,19)11-9-15-12(14-3)16-10-11/h9-10H,4-8H2,1-3H3,(H,14,15,16). The van der Waals surface area contributed by atoms with E-state index in [0.717, 1.165) is 19.3 Å². The van der Waals surface area contributed by atoms with Crippen LogP contribution in [-0.4, -0.2) is 42.8 Å². The van der Waals surface area contributed by atoms with Gasteiger partial charge in [-0.1, -0.05) is 13.8 Å². The zero-order valence-corrected chi connectivity index (χ0v) is 13.1. The van der Waals surface area contributed by atoms with Crippen LogP contribution in [-0.2, 0) is 10.0 Å². The van der Waals surface area contributed by atoms with Crippen LogP contribution in [0.5, 0.6) is 0 Å². The Balaban J connectivity index is 2.20. The largest absolute Gasteiger partial charge is 0.357 e. The van der Waals surface area contributed by atoms with Crippen molar-refractivity contribution in [1.82, 2.24) is 14.3 Å². The molecule has 1 aliphatic heterocycles. The molecule has 0 amide bonds. The predicted octanol–water partition coefficient (Wildman–Crippen LogP) is 1.72. The van der Waals surface area contributed by atoms with Gasteiger partial charge in [-0.15, -0.1) is 0 Å². The molecule has 0 aromatic carbocycles. The molecule has 6 nitrogen and oxygen atoms in total. The minimum absolute atomic E-state index is 0.163. The predicted molar refractivity (Wildman–Crippen MR) is 78.0 cm³/mol. The summed E-state index contributed by atoms with van der Waals surface area (Å²) in [5.74, 6) is 0.418. The molecule has 112 valence electrons. The lowest BCUT2D eigenvalue weighted by atomic mass is 9.85. The fourth-order valence-electron chi connectivity index (χ4n) is 2.37. The Morgan fingerprint density at radius 3 is 2.45 bits per heavy atom. The van der Waals surface area contributed by atoms with Gasteiger partial charge in [0.25, 0.3) is 0 Å². The molecule has 2 rings (SSSR count). The molecule has 2 heterocycles. The molecule has 1 aromatic rings. The minimum atomic E-state index is -3.48. The van der Waals surface area contributed by atoms with E-state index in [-0.39, 0.29) is 10.3 Å². The van der Waals surface area contributed by atoms with Gasteiger partial charge < -0.3 is 5.32 Å². The smallest absolute Gasteiger partial charge is 0.246 e. The SMILES string of the molecule is CNc1ncc(S(=O)(=O)N2CCCC(C)(C)CC2)cn1. The zero-order valence-electron chi connectivity index (χ0n) is 12.3. The third-order valence-corrected chi connectivity index (χ3v) is 5.64. The van der Waals surface area contributed by atoms with E-state index in [4.69, 9.17) is 0 Å². The highest BCUT2D eigenvalue weighted by molar-refractivity contribution is 7.89. The van der Waals surface area contributed by atoms with Gasteiger partial charge in [-0.2, -0.15) is 4.31 Å². The van der Waals surface area contributed by atoms with Crippen LogP contribution in [0.1, 0.15) is 33.1 Å². The van der Waals surface area contributed by atoms with Crippen LogP contribution >= 0.6 is 0 Å². The molecule has 1 saturated heterocycles. The summed E-state index contributed by atoms with van der Waals surface area (Å²) in [6.07, 6.45) is 5.55. The molecule has 20 heavy (non-hydrogen) atoms. The monoisotopic (exact) mass is 298 g/mol. The summed E-state index contributed by atoms with van der Waals surface area (Å²) in [5, 5.41) is 2.78. The molecule has 1 fully saturated rings. The molecular weight excluding hydrogens is 276 g/mol. The van der Waals surface area contributed by atoms with Crippen LogP contribution in [0.25, 0.3) is 0 Å². The lowest BCUT2D eigenvalue weighted by molar-refractivity contribution is 0.315. The Kier molecular flexibility index (Phi) is 4.29. The van der Waals surface area contributed by atoms with Gasteiger partial charge in [0.05, 0.1) is 12.4 Å². The average molecular weight is 298 g/mol. The van der Waals surface area contributed by atoms with Crippen molar-refractivity contribution < 1.29 is 8.42 Å². The van der Waals surface area contributed by atoms with E-state index >= 15 is 0 Å². The third-order valence-electron chi connectivity index (χ3n) is 3.79. The first kappa shape index (κ1) is 15.2. The van der Waals surface area contributed by atoms with Crippen LogP contribution in [0.15, 0.2) is 17.3 Å². The number of hydrogen-bond acceptors (Lipinski definition) is 5. The fourth-order valence-corrected chi connectivity index (χ4v) is 3.74. The van der Waals surface area contributed by atoms with Crippen molar-refractivity contribution in [3.05, 3.63) is 12.4 Å². The van der Waals surface area contributed by atoms with Gasteiger partial charge in [0.1, 0.15) is 4.90 Å². The molecule has 7 heteroatoms. The van der Waals surface area contributed by atoms with Crippen molar-refractivity contribution in [3.63, 3.8) is 0 Å². The molecule has 1 aliphatic rings. The van der Waals surface area contributed by atoms with E-state index in [0.29, 0.717) is 19.0 Å². The number of nitrogens with zero attached hydrogens (tertiary/aromatic N) is 3. The van der Waals surface area contributed by atoms with Gasteiger partial charge in [-0.25, -0.2) is 18.4 Å². The highest BCUT2D eigenvalue weighted by Gasteiger charge is 2.30. The quantitative estimate of drug-likeness (QED) is 0.919. The van der Waals surface area contributed by atoms with Crippen LogP contribution in [0.2, 0.25) is 0 Å². The minimum Gasteiger partial charge on any atom is -0.357 e. The van der Waals surface area contributed by atoms with Gasteiger partial charge in [0.2, 0.25) is 16.0 Å². The number of anilines is 1. The zero-order chi connectivity index (χ0) is 14.8.